The molecule has 4 rings (SSSR count). The highest BCUT2D eigenvalue weighted by atomic mass is 16.5. The van der Waals surface area contributed by atoms with E-state index in [1.54, 1.807) is 0 Å². The fraction of sp³-hybridized carbons (Fsp3) is 0.696. The van der Waals surface area contributed by atoms with Gasteiger partial charge < -0.3 is 9.64 Å². The highest BCUT2D eigenvalue weighted by Crippen LogP contribution is 2.31. The van der Waals surface area contributed by atoms with Gasteiger partial charge in [0.25, 0.3) is 0 Å². The normalized spacial score (nSPS) is 24.9. The van der Waals surface area contributed by atoms with Crippen LogP contribution in [0.2, 0.25) is 0 Å². The van der Waals surface area contributed by atoms with Gasteiger partial charge in [0.15, 0.2) is 0 Å². The van der Waals surface area contributed by atoms with Crippen molar-refractivity contribution in [3.05, 3.63) is 33.7 Å². The third-order valence-electron chi connectivity index (χ3n) is 7.13. The Bertz CT molecular complexity index is 881. The van der Waals surface area contributed by atoms with E-state index >= 15 is 0 Å². The van der Waals surface area contributed by atoms with E-state index in [1.807, 2.05) is 11.6 Å². The van der Waals surface area contributed by atoms with E-state index in [-0.39, 0.29) is 5.69 Å². The maximum absolute atomic E-state index is 13.0. The topological polar surface area (TPSA) is 39.4 Å². The molecule has 1 saturated heterocycles. The molecule has 2 heterocycles. The van der Waals surface area contributed by atoms with Crippen LogP contribution in [0, 0.1) is 13.8 Å². The van der Waals surface area contributed by atoms with E-state index < -0.39 is 0 Å². The lowest BCUT2D eigenvalue weighted by Crippen LogP contribution is -2.45. The Morgan fingerprint density at radius 2 is 1.54 bits per heavy atom. The second-order valence-corrected chi connectivity index (χ2v) is 8.79. The number of fused-ring (bicyclic) bond motifs is 1. The second-order valence-electron chi connectivity index (χ2n) is 8.79. The monoisotopic (exact) mass is 385 g/mol. The molecule has 1 aromatic heterocycles. The van der Waals surface area contributed by atoms with Gasteiger partial charge in [-0.05, 0) is 82.6 Å². The van der Waals surface area contributed by atoms with Gasteiger partial charge in [0.1, 0.15) is 0 Å². The molecule has 5 heteroatoms. The van der Waals surface area contributed by atoms with Gasteiger partial charge in [0, 0.05) is 38.8 Å². The van der Waals surface area contributed by atoms with Crippen molar-refractivity contribution in [2.45, 2.75) is 77.5 Å². The number of ether oxygens (including phenoxy) is 1. The molecule has 1 aromatic carbocycles. The number of imidazole rings is 1. The zero-order chi connectivity index (χ0) is 19.8. The Morgan fingerprint density at radius 3 is 2.14 bits per heavy atom. The first-order valence-corrected chi connectivity index (χ1v) is 11.0. The summed E-state index contributed by atoms with van der Waals surface area (Å²) in [6.45, 7) is 9.38. The van der Waals surface area contributed by atoms with Gasteiger partial charge >= 0.3 is 5.69 Å². The van der Waals surface area contributed by atoms with Crippen LogP contribution < -0.4 is 5.69 Å². The lowest BCUT2D eigenvalue weighted by atomic mass is 9.90. The summed E-state index contributed by atoms with van der Waals surface area (Å²) in [5.41, 5.74) is 4.81. The van der Waals surface area contributed by atoms with Gasteiger partial charge in [-0.1, -0.05) is 0 Å². The number of nitrogens with zero attached hydrogens (tertiary/aromatic N) is 3. The quantitative estimate of drug-likeness (QED) is 0.800. The molecular formula is C23H35N3O2. The van der Waals surface area contributed by atoms with Crippen LogP contribution in [-0.4, -0.2) is 45.9 Å². The van der Waals surface area contributed by atoms with Crippen molar-refractivity contribution >= 4 is 11.0 Å². The van der Waals surface area contributed by atoms with Crippen molar-refractivity contribution in [2.24, 2.45) is 7.05 Å². The lowest BCUT2D eigenvalue weighted by molar-refractivity contribution is 0.00795. The number of hydrogen-bond donors (Lipinski definition) is 0. The van der Waals surface area contributed by atoms with E-state index in [2.05, 4.69) is 42.4 Å². The van der Waals surface area contributed by atoms with Crippen molar-refractivity contribution < 1.29 is 4.74 Å². The summed E-state index contributed by atoms with van der Waals surface area (Å²) in [7, 11) is 1.90. The van der Waals surface area contributed by atoms with Crippen molar-refractivity contribution in [1.29, 1.82) is 0 Å². The van der Waals surface area contributed by atoms with Crippen LogP contribution in [0.4, 0.5) is 0 Å². The molecule has 1 saturated carbocycles. The van der Waals surface area contributed by atoms with Crippen molar-refractivity contribution in [3.63, 3.8) is 0 Å². The Kier molecular flexibility index (Phi) is 5.66. The van der Waals surface area contributed by atoms with Crippen molar-refractivity contribution in [2.75, 3.05) is 19.7 Å². The highest BCUT2D eigenvalue weighted by molar-refractivity contribution is 5.78. The summed E-state index contributed by atoms with van der Waals surface area (Å²) in [5, 5.41) is 0. The molecule has 1 aliphatic heterocycles. The molecule has 2 fully saturated rings. The summed E-state index contributed by atoms with van der Waals surface area (Å²) in [6, 6.07) is 5.38. The largest absolute Gasteiger partial charge is 0.379 e. The molecule has 5 nitrogen and oxygen atoms in total. The first kappa shape index (κ1) is 19.7. The standard InChI is InChI=1S/C23H35N3O2/c1-5-28-20-8-6-18(7-9-20)25-12-10-19(11-13-25)26-22-15-17(3)16(2)14-21(22)24(4)23(26)27/h14-15,18-20H,5-13H2,1-4H3. The molecule has 0 amide bonds. The van der Waals surface area contributed by atoms with Gasteiger partial charge in [-0.3, -0.25) is 9.13 Å². The lowest BCUT2D eigenvalue weighted by Gasteiger charge is -2.41. The van der Waals surface area contributed by atoms with Crippen LogP contribution >= 0.6 is 0 Å². The third kappa shape index (κ3) is 3.55. The second kappa shape index (κ2) is 8.03. The summed E-state index contributed by atoms with van der Waals surface area (Å²) < 4.78 is 9.71. The predicted molar refractivity (Wildman–Crippen MR) is 114 cm³/mol. The molecule has 0 N–H and O–H groups in total. The SMILES string of the molecule is CCOC1CCC(N2CCC(n3c(=O)n(C)c4cc(C)c(C)cc43)CC2)CC1. The molecule has 0 unspecified atom stereocenters. The summed E-state index contributed by atoms with van der Waals surface area (Å²) >= 11 is 0. The summed E-state index contributed by atoms with van der Waals surface area (Å²) in [4.78, 5) is 15.7. The van der Waals surface area contributed by atoms with E-state index in [9.17, 15) is 4.79 Å². The van der Waals surface area contributed by atoms with E-state index in [4.69, 9.17) is 4.74 Å². The smallest absolute Gasteiger partial charge is 0.329 e. The summed E-state index contributed by atoms with van der Waals surface area (Å²) in [6.07, 6.45) is 7.50. The van der Waals surface area contributed by atoms with Gasteiger partial charge in [-0.2, -0.15) is 0 Å². The summed E-state index contributed by atoms with van der Waals surface area (Å²) in [5.74, 6) is 0. The number of aromatic nitrogens is 2. The maximum Gasteiger partial charge on any atom is 0.329 e. The van der Waals surface area contributed by atoms with Gasteiger partial charge in [0.05, 0.1) is 17.1 Å². The molecule has 154 valence electrons. The molecule has 1 aliphatic carbocycles. The molecular weight excluding hydrogens is 350 g/mol. The Morgan fingerprint density at radius 1 is 0.929 bits per heavy atom. The Labute approximate surface area is 168 Å². The fourth-order valence-electron chi connectivity index (χ4n) is 5.29. The molecule has 2 aromatic rings. The Balaban J connectivity index is 1.47. The number of piperidine rings is 1. The van der Waals surface area contributed by atoms with Crippen molar-refractivity contribution in [3.8, 4) is 0 Å². The third-order valence-corrected chi connectivity index (χ3v) is 7.13. The zero-order valence-corrected chi connectivity index (χ0v) is 17.9. The number of likely N-dealkylation sites (tertiary alicyclic amines) is 1. The zero-order valence-electron chi connectivity index (χ0n) is 17.9. The van der Waals surface area contributed by atoms with Crippen LogP contribution in [0.15, 0.2) is 16.9 Å². The maximum atomic E-state index is 13.0. The first-order chi connectivity index (χ1) is 13.5. The predicted octanol–water partition coefficient (Wildman–Crippen LogP) is 3.94. The molecule has 0 spiro atoms. The van der Waals surface area contributed by atoms with Gasteiger partial charge in [0.2, 0.25) is 0 Å². The number of aryl methyl sites for hydroxylation is 3. The highest BCUT2D eigenvalue weighted by Gasteiger charge is 2.31. The molecule has 2 aliphatic rings. The van der Waals surface area contributed by atoms with E-state index in [0.29, 0.717) is 18.2 Å². The minimum absolute atomic E-state index is 0.135. The molecule has 0 atom stereocenters. The number of hydrogen-bond acceptors (Lipinski definition) is 3. The van der Waals surface area contributed by atoms with Crippen LogP contribution in [0.1, 0.15) is 62.6 Å². The number of benzene rings is 1. The minimum atomic E-state index is 0.135. The minimum Gasteiger partial charge on any atom is -0.379 e. The average Bonchev–Trinajstić information content (AvgIpc) is 2.94. The molecule has 0 bridgehead atoms. The van der Waals surface area contributed by atoms with E-state index in [1.165, 1.54) is 36.8 Å². The molecule has 28 heavy (non-hydrogen) atoms. The Hall–Kier alpha value is -1.59. The fourth-order valence-corrected chi connectivity index (χ4v) is 5.29. The van der Waals surface area contributed by atoms with Crippen LogP contribution in [0.3, 0.4) is 0 Å². The van der Waals surface area contributed by atoms with Gasteiger partial charge in [-0.15, -0.1) is 0 Å². The van der Waals surface area contributed by atoms with Crippen LogP contribution in [0.5, 0.6) is 0 Å². The average molecular weight is 386 g/mol. The van der Waals surface area contributed by atoms with Crippen LogP contribution in [0.25, 0.3) is 11.0 Å². The van der Waals surface area contributed by atoms with Gasteiger partial charge in [-0.25, -0.2) is 4.79 Å². The van der Waals surface area contributed by atoms with E-state index in [0.717, 1.165) is 43.6 Å². The van der Waals surface area contributed by atoms with Crippen LogP contribution in [-0.2, 0) is 11.8 Å². The van der Waals surface area contributed by atoms with Crippen molar-refractivity contribution in [1.82, 2.24) is 14.0 Å². The molecule has 0 radical (unpaired) electrons. The first-order valence-electron chi connectivity index (χ1n) is 11.0. The number of rotatable bonds is 4.